The number of morpholine rings is 1. The number of ketones is 1. The molecule has 180 valence electrons. The molecular formula is C25H27ClN2O4S2. The molecule has 0 bridgehead atoms. The fourth-order valence-electron chi connectivity index (χ4n) is 4.47. The molecule has 0 saturated carbocycles. The highest BCUT2D eigenvalue weighted by Gasteiger charge is 2.24. The molecule has 2 aromatic carbocycles. The van der Waals surface area contributed by atoms with Gasteiger partial charge in [-0.1, -0.05) is 29.8 Å². The van der Waals surface area contributed by atoms with E-state index < -0.39 is 10.0 Å². The van der Waals surface area contributed by atoms with E-state index in [9.17, 15) is 13.2 Å². The second kappa shape index (κ2) is 10.1. The molecule has 1 saturated heterocycles. The van der Waals surface area contributed by atoms with Gasteiger partial charge in [-0.3, -0.25) is 9.52 Å². The average molecular weight is 519 g/mol. The summed E-state index contributed by atoms with van der Waals surface area (Å²) >= 11 is 7.32. The highest BCUT2D eigenvalue weighted by Crippen LogP contribution is 2.33. The van der Waals surface area contributed by atoms with E-state index in [1.807, 2.05) is 6.92 Å². The second-order valence-corrected chi connectivity index (χ2v) is 11.3. The Morgan fingerprint density at radius 1 is 1.12 bits per heavy atom. The Balaban J connectivity index is 1.62. The molecule has 0 radical (unpaired) electrons. The number of benzene rings is 2. The average Bonchev–Trinajstić information content (AvgIpc) is 3.25. The summed E-state index contributed by atoms with van der Waals surface area (Å²) in [4.78, 5) is 16.0. The number of nitrogens with one attached hydrogen (secondary N) is 1. The van der Waals surface area contributed by atoms with Crippen molar-refractivity contribution >= 4 is 50.1 Å². The van der Waals surface area contributed by atoms with Gasteiger partial charge in [0.15, 0.2) is 5.78 Å². The van der Waals surface area contributed by atoms with E-state index in [4.69, 9.17) is 16.3 Å². The Hall–Kier alpha value is -2.39. The molecule has 0 spiro atoms. The van der Waals surface area contributed by atoms with Crippen molar-refractivity contribution in [1.29, 1.82) is 0 Å². The Morgan fingerprint density at radius 3 is 2.53 bits per heavy atom. The summed E-state index contributed by atoms with van der Waals surface area (Å²) in [5.74, 6) is -0.130. The molecule has 0 unspecified atom stereocenters. The number of nitrogens with zero attached hydrogens (tertiary/aromatic N) is 1. The maximum Gasteiger partial charge on any atom is 0.263 e. The van der Waals surface area contributed by atoms with Crippen molar-refractivity contribution in [3.05, 3.63) is 73.9 Å². The minimum absolute atomic E-state index is 0.0263. The van der Waals surface area contributed by atoms with Gasteiger partial charge in [0.05, 0.1) is 28.8 Å². The van der Waals surface area contributed by atoms with Crippen molar-refractivity contribution in [3.63, 3.8) is 0 Å². The van der Waals surface area contributed by atoms with Crippen LogP contribution < -0.4 is 9.62 Å². The molecule has 1 N–H and O–H groups in total. The number of hydrogen-bond acceptors (Lipinski definition) is 6. The fraction of sp³-hybridized carbons (Fsp3) is 0.320. The lowest BCUT2D eigenvalue weighted by molar-refractivity contribution is 0.0997. The number of anilines is 2. The van der Waals surface area contributed by atoms with Gasteiger partial charge in [-0.25, -0.2) is 8.42 Å². The van der Waals surface area contributed by atoms with Gasteiger partial charge in [-0.15, -0.1) is 11.3 Å². The Kier molecular flexibility index (Phi) is 7.33. The van der Waals surface area contributed by atoms with Crippen molar-refractivity contribution in [3.8, 4) is 0 Å². The van der Waals surface area contributed by atoms with E-state index in [2.05, 4.69) is 29.5 Å². The smallest absolute Gasteiger partial charge is 0.263 e. The summed E-state index contributed by atoms with van der Waals surface area (Å²) in [6.07, 6.45) is 0.191. The summed E-state index contributed by atoms with van der Waals surface area (Å²) in [6, 6.07) is 9.96. The van der Waals surface area contributed by atoms with Crippen LogP contribution in [0.4, 0.5) is 11.4 Å². The quantitative estimate of drug-likeness (QED) is 0.424. The van der Waals surface area contributed by atoms with E-state index in [1.54, 1.807) is 23.6 Å². The molecule has 1 aromatic heterocycles. The van der Waals surface area contributed by atoms with Crippen molar-refractivity contribution in [2.24, 2.45) is 0 Å². The minimum Gasteiger partial charge on any atom is -0.378 e. The molecular weight excluding hydrogens is 492 g/mol. The van der Waals surface area contributed by atoms with Crippen LogP contribution in [0.15, 0.2) is 46.7 Å². The predicted octanol–water partition coefficient (Wildman–Crippen LogP) is 5.39. The molecule has 9 heteroatoms. The van der Waals surface area contributed by atoms with Gasteiger partial charge in [0.25, 0.3) is 10.0 Å². The Labute approximate surface area is 209 Å². The van der Waals surface area contributed by atoms with Crippen molar-refractivity contribution < 1.29 is 17.9 Å². The lowest BCUT2D eigenvalue weighted by Crippen LogP contribution is -2.37. The summed E-state index contributed by atoms with van der Waals surface area (Å²) in [5, 5.41) is 1.84. The van der Waals surface area contributed by atoms with E-state index in [1.165, 1.54) is 29.0 Å². The van der Waals surface area contributed by atoms with Gasteiger partial charge in [-0.2, -0.15) is 0 Å². The zero-order valence-corrected chi connectivity index (χ0v) is 21.7. The first-order chi connectivity index (χ1) is 16.2. The molecule has 1 aliphatic rings. The van der Waals surface area contributed by atoms with Crippen LogP contribution >= 0.6 is 22.9 Å². The summed E-state index contributed by atoms with van der Waals surface area (Å²) in [6.45, 7) is 9.17. The predicted molar refractivity (Wildman–Crippen MR) is 138 cm³/mol. The number of ether oxygens (including phenoxy) is 1. The first kappa shape index (κ1) is 24.7. The molecule has 34 heavy (non-hydrogen) atoms. The second-order valence-electron chi connectivity index (χ2n) is 8.36. The van der Waals surface area contributed by atoms with Crippen LogP contribution in [0.25, 0.3) is 0 Å². The van der Waals surface area contributed by atoms with Gasteiger partial charge in [0, 0.05) is 25.2 Å². The lowest BCUT2D eigenvalue weighted by atomic mass is 9.92. The summed E-state index contributed by atoms with van der Waals surface area (Å²) in [7, 11) is -3.93. The molecule has 0 atom stereocenters. The number of halogens is 1. The van der Waals surface area contributed by atoms with E-state index in [0.29, 0.717) is 18.1 Å². The van der Waals surface area contributed by atoms with E-state index in [0.717, 1.165) is 35.5 Å². The SMILES string of the molecule is Cc1cc(C)c(N2CCOCC2)c(C)c1CC(=O)c1sccc1NS(=O)(=O)c1ccccc1Cl. The zero-order valence-electron chi connectivity index (χ0n) is 19.4. The highest BCUT2D eigenvalue weighted by atomic mass is 35.5. The third-order valence-electron chi connectivity index (χ3n) is 6.04. The maximum atomic E-state index is 13.4. The van der Waals surface area contributed by atoms with Crippen LogP contribution in [0.3, 0.4) is 0 Å². The Morgan fingerprint density at radius 2 is 1.82 bits per heavy atom. The van der Waals surface area contributed by atoms with Crippen LogP contribution in [0.5, 0.6) is 0 Å². The molecule has 4 rings (SSSR count). The van der Waals surface area contributed by atoms with Gasteiger partial charge in [0.1, 0.15) is 4.90 Å². The van der Waals surface area contributed by atoms with E-state index in [-0.39, 0.29) is 27.8 Å². The highest BCUT2D eigenvalue weighted by molar-refractivity contribution is 7.92. The van der Waals surface area contributed by atoms with Crippen LogP contribution in [-0.4, -0.2) is 40.5 Å². The van der Waals surface area contributed by atoms with Gasteiger partial charge >= 0.3 is 0 Å². The number of thiophene rings is 1. The summed E-state index contributed by atoms with van der Waals surface area (Å²) < 4.78 is 33.9. The number of rotatable bonds is 7. The molecule has 1 fully saturated rings. The number of sulfonamides is 1. The van der Waals surface area contributed by atoms with Crippen molar-refractivity contribution in [2.45, 2.75) is 32.1 Å². The van der Waals surface area contributed by atoms with Gasteiger partial charge in [-0.05, 0) is 66.6 Å². The van der Waals surface area contributed by atoms with Crippen LogP contribution in [0.2, 0.25) is 5.02 Å². The fourth-order valence-corrected chi connectivity index (χ4v) is 6.92. The van der Waals surface area contributed by atoms with E-state index >= 15 is 0 Å². The molecule has 6 nitrogen and oxygen atoms in total. The number of Topliss-reactive ketones (excluding diaryl/α,β-unsaturated/α-hetero) is 1. The van der Waals surface area contributed by atoms with Gasteiger partial charge in [0.2, 0.25) is 0 Å². The van der Waals surface area contributed by atoms with Crippen molar-refractivity contribution in [1.82, 2.24) is 0 Å². The molecule has 1 aliphatic heterocycles. The zero-order chi connectivity index (χ0) is 24.5. The monoisotopic (exact) mass is 518 g/mol. The molecule has 2 heterocycles. The van der Waals surface area contributed by atoms with Crippen LogP contribution in [-0.2, 0) is 21.2 Å². The molecule has 3 aromatic rings. The standard InChI is InChI=1S/C25H27ClN2O4S2/c1-16-14-17(2)24(28-9-11-32-12-10-28)18(3)19(16)15-22(29)25-21(8-13-33-25)27-34(30,31)23-7-5-4-6-20(23)26/h4-8,13-14,27H,9-12,15H2,1-3H3. The third kappa shape index (κ3) is 5.00. The van der Waals surface area contributed by atoms with Crippen molar-refractivity contribution in [2.75, 3.05) is 35.9 Å². The molecule has 0 amide bonds. The normalized spacial score (nSPS) is 14.3. The lowest BCUT2D eigenvalue weighted by Gasteiger charge is -2.32. The van der Waals surface area contributed by atoms with Gasteiger partial charge < -0.3 is 9.64 Å². The first-order valence-electron chi connectivity index (χ1n) is 11.0. The maximum absolute atomic E-state index is 13.4. The number of hydrogen-bond donors (Lipinski definition) is 1. The van der Waals surface area contributed by atoms with Crippen LogP contribution in [0.1, 0.15) is 31.9 Å². The topological polar surface area (TPSA) is 75.7 Å². The summed E-state index contributed by atoms with van der Waals surface area (Å²) in [5.41, 5.74) is 5.72. The first-order valence-corrected chi connectivity index (χ1v) is 13.7. The largest absolute Gasteiger partial charge is 0.378 e. The number of carbonyl (C=O) groups is 1. The molecule has 0 aliphatic carbocycles. The number of carbonyl (C=O) groups excluding carboxylic acids is 1. The third-order valence-corrected chi connectivity index (χ3v) is 8.86. The Bertz CT molecular complexity index is 1330. The number of aryl methyl sites for hydroxylation is 2. The minimum atomic E-state index is -3.93. The van der Waals surface area contributed by atoms with Crippen LogP contribution in [0, 0.1) is 20.8 Å².